The van der Waals surface area contributed by atoms with Crippen molar-refractivity contribution in [1.29, 1.82) is 0 Å². The van der Waals surface area contributed by atoms with E-state index in [2.05, 4.69) is 32.1 Å². The highest BCUT2D eigenvalue weighted by Gasteiger charge is 2.30. The van der Waals surface area contributed by atoms with E-state index in [0.29, 0.717) is 53.9 Å². The lowest BCUT2D eigenvalue weighted by Gasteiger charge is -2.26. The first-order valence-electron chi connectivity index (χ1n) is 12.7. The summed E-state index contributed by atoms with van der Waals surface area (Å²) in [4.78, 5) is 30.8. The Bertz CT molecular complexity index is 1370. The lowest BCUT2D eigenvalue weighted by atomic mass is 10.0. The number of halogens is 2. The molecule has 10 nitrogen and oxygen atoms in total. The van der Waals surface area contributed by atoms with Gasteiger partial charge in [-0.25, -0.2) is 23.8 Å². The van der Waals surface area contributed by atoms with Gasteiger partial charge in [0.05, 0.1) is 36.8 Å². The topological polar surface area (TPSA) is 95.1 Å². The maximum atomic E-state index is 13.9. The van der Waals surface area contributed by atoms with Gasteiger partial charge >= 0.3 is 0 Å². The van der Waals surface area contributed by atoms with Gasteiger partial charge in [-0.3, -0.25) is 9.63 Å². The summed E-state index contributed by atoms with van der Waals surface area (Å²) in [7, 11) is 7.48. The number of methoxy groups -OCH3 is 1. The van der Waals surface area contributed by atoms with E-state index in [9.17, 15) is 13.6 Å². The molecule has 1 aliphatic heterocycles. The number of hydroxylamine groups is 1. The monoisotopic (exact) mass is 553 g/mol. The van der Waals surface area contributed by atoms with E-state index >= 15 is 0 Å². The fourth-order valence-electron chi connectivity index (χ4n) is 4.30. The summed E-state index contributed by atoms with van der Waals surface area (Å²) in [5.74, 6) is -0.786. The third-order valence-electron chi connectivity index (χ3n) is 6.43. The zero-order valence-electron chi connectivity index (χ0n) is 22.9. The first-order valence-corrected chi connectivity index (χ1v) is 12.7. The molecule has 12 heteroatoms. The van der Waals surface area contributed by atoms with Gasteiger partial charge in [-0.2, -0.15) is 0 Å². The average molecular weight is 554 g/mol. The van der Waals surface area contributed by atoms with E-state index in [-0.39, 0.29) is 11.9 Å². The lowest BCUT2D eigenvalue weighted by Crippen LogP contribution is -2.29. The highest BCUT2D eigenvalue weighted by Crippen LogP contribution is 2.39. The smallest absolute Gasteiger partial charge is 0.247 e. The summed E-state index contributed by atoms with van der Waals surface area (Å²) in [6, 6.07) is 8.73. The molecule has 1 amide bonds. The molecular weight excluding hydrogens is 520 g/mol. The van der Waals surface area contributed by atoms with Gasteiger partial charge < -0.3 is 25.2 Å². The molecule has 1 aliphatic rings. The molecule has 3 aromatic rings. The first-order chi connectivity index (χ1) is 19.2. The Labute approximate surface area is 232 Å². The molecule has 1 atom stereocenters. The van der Waals surface area contributed by atoms with Crippen LogP contribution in [0.25, 0.3) is 0 Å². The van der Waals surface area contributed by atoms with Crippen molar-refractivity contribution >= 4 is 34.6 Å². The van der Waals surface area contributed by atoms with Gasteiger partial charge in [0.15, 0.2) is 17.5 Å². The summed E-state index contributed by atoms with van der Waals surface area (Å²) in [5, 5.41) is 7.67. The van der Waals surface area contributed by atoms with Crippen molar-refractivity contribution in [2.45, 2.75) is 12.5 Å². The predicted octanol–water partition coefficient (Wildman–Crippen LogP) is 4.51. The first kappa shape index (κ1) is 28.7. The number of aromatic nitrogens is 2. The molecule has 0 aliphatic carbocycles. The number of amides is 1. The predicted molar refractivity (Wildman–Crippen MR) is 151 cm³/mol. The highest BCUT2D eigenvalue weighted by molar-refractivity contribution is 6.02. The Morgan fingerprint density at radius 3 is 2.65 bits per heavy atom. The summed E-state index contributed by atoms with van der Waals surface area (Å²) in [6.45, 7) is 5.46. The fourth-order valence-corrected chi connectivity index (χ4v) is 4.30. The molecule has 2 heterocycles. The summed E-state index contributed by atoms with van der Waals surface area (Å²) in [5.41, 5.74) is 2.45. The zero-order valence-corrected chi connectivity index (χ0v) is 22.9. The number of hydrogen-bond acceptors (Lipinski definition) is 9. The van der Waals surface area contributed by atoms with Crippen LogP contribution < -0.4 is 25.3 Å². The number of benzene rings is 2. The SMILES string of the molecule is C=CC(=O)Nc1cc(Nc2cc(N3OCC[C@@H]3c3ccc(F)c(F)c3)ncn2)c(OC)cc1N(C)CCN(C)C. The molecule has 0 radical (unpaired) electrons. The minimum Gasteiger partial charge on any atom is -0.494 e. The summed E-state index contributed by atoms with van der Waals surface area (Å²) >= 11 is 0. The molecule has 1 aromatic heterocycles. The Morgan fingerprint density at radius 1 is 1.15 bits per heavy atom. The Kier molecular flexibility index (Phi) is 9.12. The van der Waals surface area contributed by atoms with Crippen LogP contribution in [0.3, 0.4) is 0 Å². The van der Waals surface area contributed by atoms with Gasteiger partial charge in [0.2, 0.25) is 5.91 Å². The van der Waals surface area contributed by atoms with Gasteiger partial charge in [-0.15, -0.1) is 0 Å². The third kappa shape index (κ3) is 6.64. The molecule has 0 spiro atoms. The molecule has 1 saturated heterocycles. The van der Waals surface area contributed by atoms with Gasteiger partial charge in [0.1, 0.15) is 17.9 Å². The van der Waals surface area contributed by atoms with Gasteiger partial charge in [-0.05, 0) is 43.9 Å². The van der Waals surface area contributed by atoms with Crippen LogP contribution in [0.5, 0.6) is 5.75 Å². The number of nitrogens with zero attached hydrogens (tertiary/aromatic N) is 5. The van der Waals surface area contributed by atoms with E-state index in [1.807, 2.05) is 32.1 Å². The van der Waals surface area contributed by atoms with Crippen molar-refractivity contribution in [2.75, 3.05) is 68.5 Å². The van der Waals surface area contributed by atoms with Crippen molar-refractivity contribution in [2.24, 2.45) is 0 Å². The van der Waals surface area contributed by atoms with Gasteiger partial charge in [0, 0.05) is 38.7 Å². The number of ether oxygens (including phenoxy) is 1. The molecular formula is C28H33F2N7O3. The highest BCUT2D eigenvalue weighted by atomic mass is 19.2. The molecule has 40 heavy (non-hydrogen) atoms. The second-order valence-electron chi connectivity index (χ2n) is 9.51. The molecule has 2 N–H and O–H groups in total. The van der Waals surface area contributed by atoms with Crippen molar-refractivity contribution in [3.8, 4) is 5.75 Å². The number of carbonyl (C=O) groups excluding carboxylic acids is 1. The van der Waals surface area contributed by atoms with Crippen LogP contribution in [0.4, 0.5) is 37.5 Å². The van der Waals surface area contributed by atoms with Gasteiger partial charge in [-0.1, -0.05) is 12.6 Å². The van der Waals surface area contributed by atoms with Crippen LogP contribution in [-0.4, -0.2) is 68.7 Å². The lowest BCUT2D eigenvalue weighted by molar-refractivity contribution is -0.111. The molecule has 4 rings (SSSR count). The Morgan fingerprint density at radius 2 is 1.95 bits per heavy atom. The quantitative estimate of drug-likeness (QED) is 0.333. The summed E-state index contributed by atoms with van der Waals surface area (Å²) in [6.07, 6.45) is 3.15. The van der Waals surface area contributed by atoms with Crippen molar-refractivity contribution < 1.29 is 23.1 Å². The number of hydrogen-bond donors (Lipinski definition) is 2. The number of carbonyl (C=O) groups is 1. The number of nitrogens with one attached hydrogen (secondary N) is 2. The van der Waals surface area contributed by atoms with Crippen LogP contribution in [-0.2, 0) is 9.63 Å². The number of anilines is 5. The van der Waals surface area contributed by atoms with E-state index in [4.69, 9.17) is 9.57 Å². The maximum absolute atomic E-state index is 13.9. The number of likely N-dealkylation sites (N-methyl/N-ethyl adjacent to an activating group) is 2. The zero-order chi connectivity index (χ0) is 28.8. The van der Waals surface area contributed by atoms with E-state index in [1.165, 1.54) is 24.5 Å². The van der Waals surface area contributed by atoms with Crippen LogP contribution in [0.1, 0.15) is 18.0 Å². The van der Waals surface area contributed by atoms with Crippen LogP contribution in [0.15, 0.2) is 55.4 Å². The Hall–Kier alpha value is -4.29. The van der Waals surface area contributed by atoms with E-state index < -0.39 is 11.6 Å². The minimum atomic E-state index is -0.920. The molecule has 1 fully saturated rings. The van der Waals surface area contributed by atoms with E-state index in [1.54, 1.807) is 24.3 Å². The van der Waals surface area contributed by atoms with Crippen LogP contribution in [0.2, 0.25) is 0 Å². The fraction of sp³-hybridized carbons (Fsp3) is 0.321. The third-order valence-corrected chi connectivity index (χ3v) is 6.43. The molecule has 0 unspecified atom stereocenters. The second-order valence-corrected chi connectivity index (χ2v) is 9.51. The number of rotatable bonds is 11. The second kappa shape index (κ2) is 12.7. The Balaban J connectivity index is 1.63. The summed E-state index contributed by atoms with van der Waals surface area (Å²) < 4.78 is 33.1. The van der Waals surface area contributed by atoms with Crippen LogP contribution >= 0.6 is 0 Å². The average Bonchev–Trinajstić information content (AvgIpc) is 3.43. The van der Waals surface area contributed by atoms with Gasteiger partial charge in [0.25, 0.3) is 0 Å². The molecule has 2 aromatic carbocycles. The maximum Gasteiger partial charge on any atom is 0.247 e. The van der Waals surface area contributed by atoms with Crippen molar-refractivity contribution in [3.05, 3.63) is 72.6 Å². The standard InChI is InChI=1S/C28H33F2N7O3/c1-6-28(38)34-21-14-22(25(39-5)15-24(21)36(4)11-10-35(2)3)33-26-16-27(32-17-31-26)37-23(9-12-40-37)18-7-8-19(29)20(30)13-18/h6-8,13-17,23H,1,9-12H2,2-5H3,(H,34,38)(H,31,32,33)/t23-/m1/s1. The van der Waals surface area contributed by atoms with Crippen molar-refractivity contribution in [3.63, 3.8) is 0 Å². The largest absolute Gasteiger partial charge is 0.494 e. The van der Waals surface area contributed by atoms with E-state index in [0.717, 1.165) is 18.3 Å². The molecule has 212 valence electrons. The van der Waals surface area contributed by atoms with Crippen molar-refractivity contribution in [1.82, 2.24) is 14.9 Å². The van der Waals surface area contributed by atoms with Crippen LogP contribution in [0, 0.1) is 11.6 Å². The minimum absolute atomic E-state index is 0.350. The molecule has 0 saturated carbocycles. The molecule has 0 bridgehead atoms. The normalized spacial score (nSPS) is 14.8.